The van der Waals surface area contributed by atoms with Gasteiger partial charge in [-0.1, -0.05) is 25.0 Å². The van der Waals surface area contributed by atoms with Crippen LogP contribution in [0, 0.1) is 0 Å². The van der Waals surface area contributed by atoms with Crippen LogP contribution in [0.2, 0.25) is 0 Å². The molecule has 2 N–H and O–H groups in total. The third-order valence-corrected chi connectivity index (χ3v) is 5.80. The molecule has 1 aliphatic rings. The zero-order valence-electron chi connectivity index (χ0n) is 20.4. The van der Waals surface area contributed by atoms with Crippen molar-refractivity contribution < 1.29 is 14.3 Å². The van der Waals surface area contributed by atoms with E-state index in [-0.39, 0.29) is 6.03 Å². The zero-order valence-corrected chi connectivity index (χ0v) is 20.4. The molecule has 8 nitrogen and oxygen atoms in total. The zero-order chi connectivity index (χ0) is 24.5. The number of carbonyl (C=O) groups excluding carboxylic acids is 1. The Bertz CT molecular complexity index is 1110. The van der Waals surface area contributed by atoms with Crippen LogP contribution in [0.15, 0.2) is 54.6 Å². The third-order valence-electron chi connectivity index (χ3n) is 5.80. The summed E-state index contributed by atoms with van der Waals surface area (Å²) >= 11 is 0. The van der Waals surface area contributed by atoms with Gasteiger partial charge in [0.05, 0.1) is 18.9 Å². The molecule has 0 aliphatic carbocycles. The van der Waals surface area contributed by atoms with Gasteiger partial charge in [-0.05, 0) is 63.1 Å². The predicted octanol–water partition coefficient (Wildman–Crippen LogP) is 5.97. The molecule has 0 radical (unpaired) electrons. The summed E-state index contributed by atoms with van der Waals surface area (Å²) in [6, 6.07) is 16.6. The van der Waals surface area contributed by atoms with Gasteiger partial charge in [-0.2, -0.15) is 0 Å². The Hall–Kier alpha value is -3.81. The van der Waals surface area contributed by atoms with E-state index in [2.05, 4.69) is 25.7 Å². The summed E-state index contributed by atoms with van der Waals surface area (Å²) in [5.74, 6) is 2.17. The number of hydrogen-bond donors (Lipinski definition) is 2. The summed E-state index contributed by atoms with van der Waals surface area (Å²) in [5, 5.41) is 14.6. The molecule has 1 aromatic heterocycles. The van der Waals surface area contributed by atoms with Crippen LogP contribution in [0.1, 0.15) is 39.5 Å². The van der Waals surface area contributed by atoms with E-state index in [0.29, 0.717) is 36.1 Å². The maximum absolute atomic E-state index is 12.6. The molecule has 0 saturated carbocycles. The smallest absolute Gasteiger partial charge is 0.323 e. The van der Waals surface area contributed by atoms with Gasteiger partial charge in [-0.3, -0.25) is 0 Å². The van der Waals surface area contributed by atoms with Crippen molar-refractivity contribution in [3.8, 4) is 22.8 Å². The third kappa shape index (κ3) is 6.62. The second-order valence-corrected chi connectivity index (χ2v) is 8.37. The highest BCUT2D eigenvalue weighted by atomic mass is 16.5. The van der Waals surface area contributed by atoms with E-state index >= 15 is 0 Å². The van der Waals surface area contributed by atoms with Crippen LogP contribution in [0.4, 0.5) is 22.0 Å². The highest BCUT2D eigenvalue weighted by molar-refractivity contribution is 6.00. The molecular formula is C27H33N5O3. The first-order valence-electron chi connectivity index (χ1n) is 12.3. The van der Waals surface area contributed by atoms with E-state index in [0.717, 1.165) is 30.2 Å². The van der Waals surface area contributed by atoms with Crippen molar-refractivity contribution in [2.24, 2.45) is 0 Å². The minimum atomic E-state index is -0.351. The van der Waals surface area contributed by atoms with Gasteiger partial charge in [0.2, 0.25) is 0 Å². The minimum Gasteiger partial charge on any atom is -0.490 e. The molecule has 0 atom stereocenters. The van der Waals surface area contributed by atoms with E-state index in [1.54, 1.807) is 18.2 Å². The Morgan fingerprint density at radius 1 is 0.829 bits per heavy atom. The van der Waals surface area contributed by atoms with E-state index < -0.39 is 0 Å². The lowest BCUT2D eigenvalue weighted by Gasteiger charge is -2.20. The van der Waals surface area contributed by atoms with Gasteiger partial charge < -0.3 is 25.0 Å². The SMILES string of the molecule is CCOc1ccc(NC(=O)Nc2cccc(-c3ccc(N4CCCCCC4)nn3)c2)cc1OCC. The minimum absolute atomic E-state index is 0.351. The van der Waals surface area contributed by atoms with Crippen LogP contribution in [-0.4, -0.2) is 42.5 Å². The first kappa shape index (κ1) is 24.3. The quantitative estimate of drug-likeness (QED) is 0.418. The lowest BCUT2D eigenvalue weighted by molar-refractivity contribution is 0.262. The first-order valence-corrected chi connectivity index (χ1v) is 12.3. The molecule has 4 rings (SSSR count). The number of rotatable bonds is 8. The number of nitrogens with zero attached hydrogens (tertiary/aromatic N) is 3. The fourth-order valence-electron chi connectivity index (χ4n) is 4.13. The molecule has 8 heteroatoms. The number of hydrogen-bond acceptors (Lipinski definition) is 6. The Morgan fingerprint density at radius 2 is 1.54 bits per heavy atom. The molecule has 3 aromatic rings. The average molecular weight is 476 g/mol. The monoisotopic (exact) mass is 475 g/mol. The molecule has 184 valence electrons. The molecule has 2 amide bonds. The van der Waals surface area contributed by atoms with Crippen molar-refractivity contribution in [2.75, 3.05) is 41.8 Å². The van der Waals surface area contributed by atoms with Crippen molar-refractivity contribution in [3.05, 3.63) is 54.6 Å². The summed E-state index contributed by atoms with van der Waals surface area (Å²) in [6.45, 7) is 6.92. The first-order chi connectivity index (χ1) is 17.2. The normalized spacial score (nSPS) is 13.6. The van der Waals surface area contributed by atoms with Gasteiger partial charge in [0, 0.05) is 36.1 Å². The van der Waals surface area contributed by atoms with Crippen molar-refractivity contribution >= 4 is 23.2 Å². The highest BCUT2D eigenvalue weighted by Gasteiger charge is 2.13. The van der Waals surface area contributed by atoms with Crippen LogP contribution >= 0.6 is 0 Å². The Balaban J connectivity index is 1.41. The Labute approximate surface area is 206 Å². The molecule has 2 heterocycles. The average Bonchev–Trinajstić information content (AvgIpc) is 3.16. The maximum atomic E-state index is 12.6. The molecule has 1 saturated heterocycles. The van der Waals surface area contributed by atoms with Crippen molar-refractivity contribution in [1.29, 1.82) is 0 Å². The van der Waals surface area contributed by atoms with Crippen molar-refractivity contribution in [2.45, 2.75) is 39.5 Å². The molecule has 1 fully saturated rings. The fourth-order valence-corrected chi connectivity index (χ4v) is 4.13. The predicted molar refractivity (Wildman–Crippen MR) is 140 cm³/mol. The number of benzene rings is 2. The molecule has 0 unspecified atom stereocenters. The summed E-state index contributed by atoms with van der Waals surface area (Å²) in [5.41, 5.74) is 2.92. The number of anilines is 3. The van der Waals surface area contributed by atoms with Gasteiger partial charge in [0.15, 0.2) is 17.3 Å². The number of urea groups is 1. The standard InChI is InChI=1S/C27H33N5O3/c1-3-34-24-14-12-22(19-25(24)35-4-2)29-27(33)28-21-11-9-10-20(18-21)23-13-15-26(31-30-23)32-16-7-5-6-8-17-32/h9-15,18-19H,3-8,16-17H2,1-2H3,(H2,28,29,33). The molecule has 0 spiro atoms. The van der Waals surface area contributed by atoms with Crippen molar-refractivity contribution in [3.63, 3.8) is 0 Å². The van der Waals surface area contributed by atoms with E-state index in [4.69, 9.17) is 9.47 Å². The summed E-state index contributed by atoms with van der Waals surface area (Å²) in [4.78, 5) is 14.9. The van der Waals surface area contributed by atoms with E-state index in [1.807, 2.05) is 50.2 Å². The van der Waals surface area contributed by atoms with Crippen LogP contribution in [0.25, 0.3) is 11.3 Å². The molecule has 1 aliphatic heterocycles. The van der Waals surface area contributed by atoms with Gasteiger partial charge in [-0.15, -0.1) is 10.2 Å². The maximum Gasteiger partial charge on any atom is 0.323 e. The Morgan fingerprint density at radius 3 is 2.23 bits per heavy atom. The van der Waals surface area contributed by atoms with Crippen LogP contribution in [0.3, 0.4) is 0 Å². The molecule has 35 heavy (non-hydrogen) atoms. The topological polar surface area (TPSA) is 88.6 Å². The Kier molecular flexibility index (Phi) is 8.38. The van der Waals surface area contributed by atoms with Gasteiger partial charge in [0.25, 0.3) is 0 Å². The largest absolute Gasteiger partial charge is 0.490 e. The lowest BCUT2D eigenvalue weighted by atomic mass is 10.1. The number of amides is 2. The molecular weight excluding hydrogens is 442 g/mol. The van der Waals surface area contributed by atoms with Gasteiger partial charge in [-0.25, -0.2) is 4.79 Å². The lowest BCUT2D eigenvalue weighted by Crippen LogP contribution is -2.25. The summed E-state index contributed by atoms with van der Waals surface area (Å²) in [7, 11) is 0. The van der Waals surface area contributed by atoms with Crippen LogP contribution < -0.4 is 25.0 Å². The van der Waals surface area contributed by atoms with E-state index in [9.17, 15) is 4.79 Å². The second-order valence-electron chi connectivity index (χ2n) is 8.37. The van der Waals surface area contributed by atoms with Gasteiger partial charge in [0.1, 0.15) is 0 Å². The summed E-state index contributed by atoms with van der Waals surface area (Å²) < 4.78 is 11.2. The number of nitrogens with one attached hydrogen (secondary N) is 2. The number of ether oxygens (including phenoxy) is 2. The number of carbonyl (C=O) groups is 1. The summed E-state index contributed by atoms with van der Waals surface area (Å²) in [6.07, 6.45) is 4.95. The van der Waals surface area contributed by atoms with Crippen LogP contribution in [-0.2, 0) is 0 Å². The van der Waals surface area contributed by atoms with E-state index in [1.165, 1.54) is 25.7 Å². The van der Waals surface area contributed by atoms with Gasteiger partial charge >= 0.3 is 6.03 Å². The molecule has 0 bridgehead atoms. The molecule has 2 aromatic carbocycles. The fraction of sp³-hybridized carbons (Fsp3) is 0.370. The number of aromatic nitrogens is 2. The highest BCUT2D eigenvalue weighted by Crippen LogP contribution is 2.31. The second kappa shape index (κ2) is 12.1. The van der Waals surface area contributed by atoms with Crippen LogP contribution in [0.5, 0.6) is 11.5 Å². The van der Waals surface area contributed by atoms with Crippen molar-refractivity contribution in [1.82, 2.24) is 10.2 Å².